The molecule has 0 unspecified atom stereocenters. The molecule has 1 atom stereocenters. The van der Waals surface area contributed by atoms with Gasteiger partial charge in [-0.05, 0) is 37.1 Å². The maximum Gasteiger partial charge on any atom is 0.252 e. The summed E-state index contributed by atoms with van der Waals surface area (Å²) in [5.41, 5.74) is 2.02. The number of piperidine rings is 1. The van der Waals surface area contributed by atoms with Crippen molar-refractivity contribution < 1.29 is 4.79 Å². The summed E-state index contributed by atoms with van der Waals surface area (Å²) in [6, 6.07) is 12.8. The molecule has 1 aliphatic heterocycles. The van der Waals surface area contributed by atoms with Crippen LogP contribution in [0.5, 0.6) is 0 Å². The van der Waals surface area contributed by atoms with Crippen LogP contribution in [0.2, 0.25) is 0 Å². The average Bonchev–Trinajstić information content (AvgIpc) is 2.68. The lowest BCUT2D eigenvalue weighted by Gasteiger charge is -2.33. The third kappa shape index (κ3) is 4.06. The molecule has 2 N–H and O–H groups in total. The van der Waals surface area contributed by atoms with E-state index in [4.69, 9.17) is 0 Å². The van der Waals surface area contributed by atoms with Gasteiger partial charge in [0.25, 0.3) is 5.91 Å². The van der Waals surface area contributed by atoms with E-state index in [0.29, 0.717) is 11.1 Å². The Morgan fingerprint density at radius 2 is 2.15 bits per heavy atom. The fraction of sp³-hybridized carbons (Fsp3) is 0.286. The Balaban J connectivity index is 1.47. The van der Waals surface area contributed by atoms with Gasteiger partial charge in [0.2, 0.25) is 5.56 Å². The molecule has 1 saturated heterocycles. The SMILES string of the molecule is O=C(N[C@@H]1CCCN(Cc2cccnc2)C1)c1cc(=O)[nH]c2ccccc12. The van der Waals surface area contributed by atoms with Gasteiger partial charge in [-0.1, -0.05) is 24.3 Å². The highest BCUT2D eigenvalue weighted by atomic mass is 16.2. The molecule has 0 saturated carbocycles. The number of H-pyrrole nitrogens is 1. The largest absolute Gasteiger partial charge is 0.348 e. The predicted octanol–water partition coefficient (Wildman–Crippen LogP) is 2.32. The van der Waals surface area contributed by atoms with Crippen molar-refractivity contribution in [1.29, 1.82) is 0 Å². The van der Waals surface area contributed by atoms with Crippen LogP contribution in [0.4, 0.5) is 0 Å². The molecule has 4 rings (SSSR count). The van der Waals surface area contributed by atoms with Crippen LogP contribution < -0.4 is 10.9 Å². The zero-order valence-corrected chi connectivity index (χ0v) is 15.0. The number of fused-ring (bicyclic) bond motifs is 1. The summed E-state index contributed by atoms with van der Waals surface area (Å²) >= 11 is 0. The highest BCUT2D eigenvalue weighted by Crippen LogP contribution is 2.17. The first-order chi connectivity index (χ1) is 13.2. The van der Waals surface area contributed by atoms with E-state index in [1.165, 1.54) is 11.6 Å². The van der Waals surface area contributed by atoms with Crippen LogP contribution in [0.25, 0.3) is 10.9 Å². The number of carbonyl (C=O) groups is 1. The summed E-state index contributed by atoms with van der Waals surface area (Å²) in [5, 5.41) is 3.88. The zero-order chi connectivity index (χ0) is 18.6. The number of hydrogen-bond donors (Lipinski definition) is 2. The first-order valence-electron chi connectivity index (χ1n) is 9.23. The fourth-order valence-corrected chi connectivity index (χ4v) is 3.72. The van der Waals surface area contributed by atoms with E-state index >= 15 is 0 Å². The van der Waals surface area contributed by atoms with Crippen LogP contribution in [-0.2, 0) is 6.54 Å². The topological polar surface area (TPSA) is 78.1 Å². The van der Waals surface area contributed by atoms with E-state index in [1.54, 1.807) is 6.20 Å². The number of benzene rings is 1. The molecule has 6 nitrogen and oxygen atoms in total. The first kappa shape index (κ1) is 17.4. The van der Waals surface area contributed by atoms with Gasteiger partial charge in [0.05, 0.1) is 5.56 Å². The van der Waals surface area contributed by atoms with E-state index in [0.717, 1.165) is 37.9 Å². The molecule has 0 bridgehead atoms. The third-order valence-electron chi connectivity index (χ3n) is 4.96. The van der Waals surface area contributed by atoms with Gasteiger partial charge < -0.3 is 10.3 Å². The van der Waals surface area contributed by atoms with E-state index in [9.17, 15) is 9.59 Å². The number of likely N-dealkylation sites (tertiary alicyclic amines) is 1. The minimum absolute atomic E-state index is 0.0703. The fourth-order valence-electron chi connectivity index (χ4n) is 3.72. The van der Waals surface area contributed by atoms with Crippen molar-refractivity contribution in [2.24, 2.45) is 0 Å². The van der Waals surface area contributed by atoms with Crippen LogP contribution in [0.3, 0.4) is 0 Å². The normalized spacial score (nSPS) is 17.7. The van der Waals surface area contributed by atoms with Crippen LogP contribution >= 0.6 is 0 Å². The lowest BCUT2D eigenvalue weighted by Crippen LogP contribution is -2.47. The Labute approximate surface area is 157 Å². The molecule has 1 fully saturated rings. The second-order valence-corrected chi connectivity index (χ2v) is 7.00. The molecule has 0 aliphatic carbocycles. The second kappa shape index (κ2) is 7.72. The molecule has 3 aromatic rings. The standard InChI is InChI=1S/C21H22N4O2/c26-20-11-18(17-7-1-2-8-19(17)24-20)21(27)23-16-6-4-10-25(14-16)13-15-5-3-9-22-12-15/h1-3,5,7-9,11-12,16H,4,6,10,13-14H2,(H,23,27)(H,24,26)/t16-/m1/s1. The van der Waals surface area contributed by atoms with E-state index in [2.05, 4.69) is 26.3 Å². The highest BCUT2D eigenvalue weighted by molar-refractivity contribution is 6.06. The van der Waals surface area contributed by atoms with Gasteiger partial charge in [0.15, 0.2) is 0 Å². The van der Waals surface area contributed by atoms with Gasteiger partial charge in [-0.2, -0.15) is 0 Å². The zero-order valence-electron chi connectivity index (χ0n) is 15.0. The van der Waals surface area contributed by atoms with Crippen molar-refractivity contribution in [3.05, 3.63) is 76.3 Å². The molecule has 27 heavy (non-hydrogen) atoms. The number of carbonyl (C=O) groups excluding carboxylic acids is 1. The van der Waals surface area contributed by atoms with E-state index in [1.807, 2.05) is 36.5 Å². The minimum atomic E-state index is -0.263. The molecule has 0 spiro atoms. The molecule has 0 radical (unpaired) electrons. The van der Waals surface area contributed by atoms with Crippen molar-refractivity contribution >= 4 is 16.8 Å². The van der Waals surface area contributed by atoms with Gasteiger partial charge in [0, 0.05) is 48.5 Å². The summed E-state index contributed by atoms with van der Waals surface area (Å²) < 4.78 is 0. The molecule has 3 heterocycles. The lowest BCUT2D eigenvalue weighted by molar-refractivity contribution is 0.0902. The van der Waals surface area contributed by atoms with Gasteiger partial charge in [-0.3, -0.25) is 19.5 Å². The van der Waals surface area contributed by atoms with Crippen LogP contribution in [0.15, 0.2) is 59.7 Å². The Kier molecular flexibility index (Phi) is 4.98. The van der Waals surface area contributed by atoms with Crippen molar-refractivity contribution in [3.8, 4) is 0 Å². The van der Waals surface area contributed by atoms with Gasteiger partial charge in [-0.15, -0.1) is 0 Å². The number of nitrogens with zero attached hydrogens (tertiary/aromatic N) is 2. The van der Waals surface area contributed by atoms with Crippen molar-refractivity contribution in [2.75, 3.05) is 13.1 Å². The quantitative estimate of drug-likeness (QED) is 0.747. The third-order valence-corrected chi connectivity index (χ3v) is 4.96. The lowest BCUT2D eigenvalue weighted by atomic mass is 10.0. The second-order valence-electron chi connectivity index (χ2n) is 7.00. The van der Waals surface area contributed by atoms with Crippen molar-refractivity contribution in [2.45, 2.75) is 25.4 Å². The molecule has 2 aromatic heterocycles. The molecule has 6 heteroatoms. The Bertz CT molecular complexity index is 1000. The predicted molar refractivity (Wildman–Crippen MR) is 105 cm³/mol. The van der Waals surface area contributed by atoms with Gasteiger partial charge in [0.1, 0.15) is 0 Å². The Morgan fingerprint density at radius 3 is 3.00 bits per heavy atom. The van der Waals surface area contributed by atoms with Crippen LogP contribution in [0, 0.1) is 0 Å². The van der Waals surface area contributed by atoms with E-state index in [-0.39, 0.29) is 17.5 Å². The number of aromatic nitrogens is 2. The van der Waals surface area contributed by atoms with Crippen LogP contribution in [0.1, 0.15) is 28.8 Å². The number of para-hydroxylation sites is 1. The summed E-state index contributed by atoms with van der Waals surface area (Å²) in [4.78, 5) is 34.0. The van der Waals surface area contributed by atoms with Crippen LogP contribution in [-0.4, -0.2) is 39.9 Å². The molecule has 1 aliphatic rings. The number of amides is 1. The van der Waals surface area contributed by atoms with Gasteiger partial charge in [-0.25, -0.2) is 0 Å². The molecular weight excluding hydrogens is 340 g/mol. The number of hydrogen-bond acceptors (Lipinski definition) is 4. The summed E-state index contributed by atoms with van der Waals surface area (Å²) in [6.45, 7) is 2.63. The van der Waals surface area contributed by atoms with Crippen molar-refractivity contribution in [1.82, 2.24) is 20.2 Å². The number of rotatable bonds is 4. The minimum Gasteiger partial charge on any atom is -0.348 e. The molecule has 138 valence electrons. The maximum atomic E-state index is 12.9. The Morgan fingerprint density at radius 1 is 1.26 bits per heavy atom. The monoisotopic (exact) mass is 362 g/mol. The van der Waals surface area contributed by atoms with Gasteiger partial charge >= 0.3 is 0 Å². The summed E-state index contributed by atoms with van der Waals surface area (Å²) in [5.74, 6) is -0.189. The molecule has 1 aromatic carbocycles. The summed E-state index contributed by atoms with van der Waals surface area (Å²) in [7, 11) is 0. The molecular formula is C21H22N4O2. The van der Waals surface area contributed by atoms with Crippen molar-refractivity contribution in [3.63, 3.8) is 0 Å². The number of pyridine rings is 2. The van der Waals surface area contributed by atoms with E-state index < -0.39 is 0 Å². The first-order valence-corrected chi connectivity index (χ1v) is 9.23. The maximum absolute atomic E-state index is 12.9. The summed E-state index contributed by atoms with van der Waals surface area (Å²) in [6.07, 6.45) is 5.62. The highest BCUT2D eigenvalue weighted by Gasteiger charge is 2.23. The Hall–Kier alpha value is -2.99. The number of nitrogens with one attached hydrogen (secondary N) is 2. The average molecular weight is 362 g/mol. The molecule has 1 amide bonds. The number of aromatic amines is 1. The smallest absolute Gasteiger partial charge is 0.252 e.